The molecule has 1 aromatic carbocycles. The molecule has 0 aliphatic rings. The summed E-state index contributed by atoms with van der Waals surface area (Å²) in [7, 11) is -2.45. The molecule has 1 rings (SSSR count). The molecule has 3 N–H and O–H groups in total. The van der Waals surface area contributed by atoms with Gasteiger partial charge in [0, 0.05) is 0 Å². The number of phenols is 1. The van der Waals surface area contributed by atoms with Crippen molar-refractivity contribution >= 4 is 13.9 Å². The van der Waals surface area contributed by atoms with Gasteiger partial charge in [0.2, 0.25) is 0 Å². The van der Waals surface area contributed by atoms with Gasteiger partial charge in [-0.05, 0) is 16.7 Å². The van der Waals surface area contributed by atoms with Crippen LogP contribution in [-0.2, 0) is 4.57 Å². The molecule has 0 amide bonds. The summed E-state index contributed by atoms with van der Waals surface area (Å²) >= 11 is 0. The van der Waals surface area contributed by atoms with Gasteiger partial charge in [-0.3, -0.25) is 0 Å². The second-order valence-corrected chi connectivity index (χ2v) is 2.67. The lowest BCUT2D eigenvalue weighted by atomic mass is 10.3. The van der Waals surface area contributed by atoms with Crippen LogP contribution in [0.25, 0.3) is 0 Å². The molecular formula is C6H7NO3P+. The number of para-hydroxylation sites is 2. The van der Waals surface area contributed by atoms with E-state index in [0.29, 0.717) is 0 Å². The Labute approximate surface area is 64.4 Å². The Morgan fingerprint density at radius 2 is 2.00 bits per heavy atom. The first-order valence-electron chi connectivity index (χ1n) is 2.91. The highest BCUT2D eigenvalue weighted by atomic mass is 31.1. The molecule has 0 spiro atoms. The molecule has 0 fully saturated rings. The van der Waals surface area contributed by atoms with Crippen LogP contribution < -0.4 is 5.09 Å². The molecule has 1 atom stereocenters. The van der Waals surface area contributed by atoms with E-state index in [1.807, 2.05) is 0 Å². The summed E-state index contributed by atoms with van der Waals surface area (Å²) in [6.45, 7) is 0. The molecule has 0 saturated heterocycles. The minimum Gasteiger partial charge on any atom is -0.506 e. The first-order valence-corrected chi connectivity index (χ1v) is 4.12. The molecule has 0 aliphatic carbocycles. The first kappa shape index (κ1) is 7.98. The lowest BCUT2D eigenvalue weighted by Crippen LogP contribution is -1.84. The summed E-state index contributed by atoms with van der Waals surface area (Å²) < 4.78 is 10.2. The van der Waals surface area contributed by atoms with Gasteiger partial charge >= 0.3 is 8.18 Å². The lowest BCUT2D eigenvalue weighted by molar-refractivity contribution is 0.476. The summed E-state index contributed by atoms with van der Waals surface area (Å²) in [4.78, 5) is 8.42. The van der Waals surface area contributed by atoms with Crippen molar-refractivity contribution in [1.82, 2.24) is 0 Å². The molecule has 0 heterocycles. The van der Waals surface area contributed by atoms with Crippen LogP contribution in [0.3, 0.4) is 0 Å². The second-order valence-electron chi connectivity index (χ2n) is 1.90. The Kier molecular flexibility index (Phi) is 2.41. The quantitative estimate of drug-likeness (QED) is 0.466. The Balaban J connectivity index is 2.86. The molecule has 0 bridgehead atoms. The maximum absolute atomic E-state index is 10.2. The zero-order valence-corrected chi connectivity index (χ0v) is 6.45. The van der Waals surface area contributed by atoms with Gasteiger partial charge in [-0.1, -0.05) is 12.1 Å². The number of phenolic OH excluding ortho intramolecular Hbond substituents is 1. The number of nitrogens with one attached hydrogen (secondary N) is 1. The van der Waals surface area contributed by atoms with Crippen molar-refractivity contribution in [3.05, 3.63) is 24.3 Å². The maximum Gasteiger partial charge on any atom is 0.640 e. The van der Waals surface area contributed by atoms with E-state index < -0.39 is 8.18 Å². The Hall–Kier alpha value is -1.12. The summed E-state index contributed by atoms with van der Waals surface area (Å²) in [5, 5.41) is 11.2. The van der Waals surface area contributed by atoms with Gasteiger partial charge in [0.1, 0.15) is 11.4 Å². The summed E-state index contributed by atoms with van der Waals surface area (Å²) in [5.41, 5.74) is 0.260. The van der Waals surface area contributed by atoms with Crippen LogP contribution in [0.4, 0.5) is 5.69 Å². The van der Waals surface area contributed by atoms with E-state index in [2.05, 4.69) is 5.09 Å². The monoisotopic (exact) mass is 172 g/mol. The van der Waals surface area contributed by atoms with Crippen molar-refractivity contribution in [3.8, 4) is 5.75 Å². The standard InChI is InChI=1S/C6H6NO3P/c8-6-4-2-1-3-5(6)7-11(9)10/h1-4H,(H2-,7,8,9,10)/p+1. The molecule has 0 aliphatic heterocycles. The molecule has 1 unspecified atom stereocenters. The number of benzene rings is 1. The molecule has 58 valence electrons. The SMILES string of the molecule is O=[P+](O)Nc1ccccc1O. The highest BCUT2D eigenvalue weighted by Crippen LogP contribution is 2.27. The van der Waals surface area contributed by atoms with Gasteiger partial charge in [-0.25, -0.2) is 0 Å². The topological polar surface area (TPSA) is 69.6 Å². The molecule has 0 aromatic heterocycles. The van der Waals surface area contributed by atoms with Crippen LogP contribution in [-0.4, -0.2) is 10.00 Å². The van der Waals surface area contributed by atoms with Gasteiger partial charge < -0.3 is 5.11 Å². The second kappa shape index (κ2) is 3.32. The van der Waals surface area contributed by atoms with Crippen molar-refractivity contribution in [3.63, 3.8) is 0 Å². The van der Waals surface area contributed by atoms with Crippen LogP contribution >= 0.6 is 8.18 Å². The first-order chi connectivity index (χ1) is 5.20. The van der Waals surface area contributed by atoms with Crippen LogP contribution in [0.1, 0.15) is 0 Å². The van der Waals surface area contributed by atoms with Crippen LogP contribution in [0, 0.1) is 0 Å². The highest BCUT2D eigenvalue weighted by Gasteiger charge is 2.11. The van der Waals surface area contributed by atoms with E-state index in [4.69, 9.17) is 10.00 Å². The number of hydrogen-bond donors (Lipinski definition) is 3. The smallest absolute Gasteiger partial charge is 0.506 e. The minimum atomic E-state index is -2.45. The average Bonchev–Trinajstić information content (AvgIpc) is 1.93. The molecule has 5 heteroatoms. The molecule has 0 saturated carbocycles. The fraction of sp³-hybridized carbons (Fsp3) is 0. The molecule has 11 heavy (non-hydrogen) atoms. The number of anilines is 1. The molecule has 4 nitrogen and oxygen atoms in total. The van der Waals surface area contributed by atoms with Crippen molar-refractivity contribution in [2.24, 2.45) is 0 Å². The molecule has 1 aromatic rings. The van der Waals surface area contributed by atoms with Crippen molar-refractivity contribution in [2.75, 3.05) is 5.09 Å². The average molecular weight is 172 g/mol. The van der Waals surface area contributed by atoms with Gasteiger partial charge in [-0.15, -0.1) is 9.98 Å². The fourth-order valence-corrected chi connectivity index (χ4v) is 1.07. The lowest BCUT2D eigenvalue weighted by Gasteiger charge is -1.95. The van der Waals surface area contributed by atoms with Gasteiger partial charge in [0.25, 0.3) is 0 Å². The van der Waals surface area contributed by atoms with Crippen LogP contribution in [0.5, 0.6) is 5.75 Å². The number of aromatic hydroxyl groups is 1. The zero-order valence-electron chi connectivity index (χ0n) is 5.56. The van der Waals surface area contributed by atoms with E-state index in [9.17, 15) is 4.57 Å². The van der Waals surface area contributed by atoms with Crippen molar-refractivity contribution in [1.29, 1.82) is 0 Å². The summed E-state index contributed by atoms with van der Waals surface area (Å²) in [5.74, 6) is -0.0371. The van der Waals surface area contributed by atoms with E-state index in [1.54, 1.807) is 12.1 Å². The van der Waals surface area contributed by atoms with E-state index >= 15 is 0 Å². The molecular weight excluding hydrogens is 165 g/mol. The van der Waals surface area contributed by atoms with Crippen molar-refractivity contribution in [2.45, 2.75) is 0 Å². The normalized spacial score (nSPS) is 10.8. The third-order valence-corrected chi connectivity index (χ3v) is 1.55. The van der Waals surface area contributed by atoms with Gasteiger partial charge in [-0.2, -0.15) is 0 Å². The van der Waals surface area contributed by atoms with Gasteiger partial charge in [0.15, 0.2) is 0 Å². The van der Waals surface area contributed by atoms with E-state index in [-0.39, 0.29) is 11.4 Å². The molecule has 0 radical (unpaired) electrons. The van der Waals surface area contributed by atoms with E-state index in [0.717, 1.165) is 0 Å². The largest absolute Gasteiger partial charge is 0.640 e. The predicted octanol–water partition coefficient (Wildman–Crippen LogP) is 1.45. The Morgan fingerprint density at radius 1 is 1.36 bits per heavy atom. The highest BCUT2D eigenvalue weighted by molar-refractivity contribution is 7.39. The Bertz CT molecular complexity index is 276. The minimum absolute atomic E-state index is 0.0371. The number of rotatable bonds is 2. The van der Waals surface area contributed by atoms with E-state index in [1.165, 1.54) is 12.1 Å². The third kappa shape index (κ3) is 2.18. The maximum atomic E-state index is 10.2. The van der Waals surface area contributed by atoms with Crippen LogP contribution in [0.15, 0.2) is 24.3 Å². The fourth-order valence-electron chi connectivity index (χ4n) is 0.671. The summed E-state index contributed by atoms with van der Waals surface area (Å²) in [6.07, 6.45) is 0. The zero-order chi connectivity index (χ0) is 8.27. The van der Waals surface area contributed by atoms with Crippen molar-refractivity contribution < 1.29 is 14.6 Å². The Morgan fingerprint density at radius 3 is 2.55 bits per heavy atom. The third-order valence-electron chi connectivity index (χ3n) is 1.12. The number of hydrogen-bond acceptors (Lipinski definition) is 2. The predicted molar refractivity (Wildman–Crippen MR) is 41.6 cm³/mol. The summed E-state index contributed by atoms with van der Waals surface area (Å²) in [6, 6.07) is 6.23. The van der Waals surface area contributed by atoms with Gasteiger partial charge in [0.05, 0.1) is 0 Å². The van der Waals surface area contributed by atoms with Crippen LogP contribution in [0.2, 0.25) is 0 Å².